The highest BCUT2D eigenvalue weighted by atomic mass is 35.5. The number of piperazine rings is 2. The van der Waals surface area contributed by atoms with E-state index in [0.29, 0.717) is 30.6 Å². The van der Waals surface area contributed by atoms with Gasteiger partial charge in [-0.2, -0.15) is 0 Å². The second-order valence-electron chi connectivity index (χ2n) is 27.0. The largest absolute Gasteiger partial charge is 0.444 e. The van der Waals surface area contributed by atoms with Crippen molar-refractivity contribution in [3.8, 4) is 21.1 Å². The summed E-state index contributed by atoms with van der Waals surface area (Å²) in [5, 5.41) is 21.3. The Morgan fingerprint density at radius 3 is 1.15 bits per heavy atom. The molecule has 2 fully saturated rings. The van der Waals surface area contributed by atoms with Crippen LogP contribution in [0.25, 0.3) is 21.1 Å². The number of carbonyl (C=O) groups excluding carboxylic acids is 7. The van der Waals surface area contributed by atoms with Gasteiger partial charge >= 0.3 is 6.09 Å². The summed E-state index contributed by atoms with van der Waals surface area (Å²) in [5.41, 5.74) is 2.22. The number of alkyl halides is 2. The smallest absolute Gasteiger partial charge is 0.410 e. The molecule has 0 bridgehead atoms. The molecule has 5 aliphatic heterocycles. The lowest BCUT2D eigenvalue weighted by atomic mass is 10.1. The summed E-state index contributed by atoms with van der Waals surface area (Å²) < 4.78 is 84.5. The number of fused-ring (bicyclic) bond motifs is 6. The van der Waals surface area contributed by atoms with Gasteiger partial charge in [-0.25, -0.2) is 55.0 Å². The normalized spacial score (nSPS) is 15.1. The van der Waals surface area contributed by atoms with E-state index in [-0.39, 0.29) is 123 Å². The third kappa shape index (κ3) is 19.7. The Hall–Kier alpha value is -10.8. The average Bonchev–Trinajstić information content (AvgIpc) is 1.65. The number of anilines is 5. The van der Waals surface area contributed by atoms with Crippen molar-refractivity contribution in [2.24, 2.45) is 0 Å². The fourth-order valence-electron chi connectivity index (χ4n) is 12.6. The van der Waals surface area contributed by atoms with Gasteiger partial charge in [0.15, 0.2) is 4.47 Å². The molecule has 117 heavy (non-hydrogen) atoms. The van der Waals surface area contributed by atoms with E-state index >= 15 is 0 Å². The molecule has 7 N–H and O–H groups in total. The second kappa shape index (κ2) is 36.8. The summed E-state index contributed by atoms with van der Waals surface area (Å²) in [5.74, 6) is -1.14. The van der Waals surface area contributed by atoms with Crippen molar-refractivity contribution in [3.63, 3.8) is 0 Å². The van der Waals surface area contributed by atoms with Crippen molar-refractivity contribution >= 4 is 181 Å². The third-order valence-electron chi connectivity index (χ3n) is 18.2. The highest BCUT2D eigenvalue weighted by Gasteiger charge is 2.36. The van der Waals surface area contributed by atoms with Gasteiger partial charge in [0, 0.05) is 126 Å². The van der Waals surface area contributed by atoms with Crippen LogP contribution in [0.2, 0.25) is 4.47 Å². The van der Waals surface area contributed by atoms with Gasteiger partial charge in [-0.15, -0.1) is 69.6 Å². The number of sulfone groups is 3. The fourth-order valence-corrected chi connectivity index (χ4v) is 19.9. The van der Waals surface area contributed by atoms with Crippen molar-refractivity contribution in [2.45, 2.75) is 75.4 Å². The van der Waals surface area contributed by atoms with E-state index in [9.17, 15) is 58.8 Å². The van der Waals surface area contributed by atoms with Gasteiger partial charge in [0.05, 0.1) is 88.1 Å². The van der Waals surface area contributed by atoms with Gasteiger partial charge in [-0.3, -0.25) is 28.8 Å². The standard InChI is InChI=1S/C32H32N6O6S2.C27H24N6O4S2.C18H12ClN3O4S2.CH2Cl2.ClH/c1-32(2,3)44-31(41)38-14-12-37(13-15-38)27-11-9-21(17-33-27)30-35-19-22(45-30)18-34-28(39)20-8-10-26-24(16-20)36-29(40)23-6-4-5-7-25(23)46(26,42)43;34-25(17-5-7-23-21(13-17)32-26(35)20-3-1-2-4-22(20)39(23,36)37)30-15-19-16-31-27(38-19)18-6-8-24(29-14-18)33-11-9-28-10-12-33;19-18-21-9-11(27-18)8-20-16(23)10-5-6-15-13(7-10)22-17(24)12-3-1-2-4-14(12)28(15,25)26;2-1-3;/h4-11,16-17,19H,12-15,18H2,1-3H3,(H,34,39)(H,36,40);1-8,13-14,16,28H,9-12,15H2,(H,30,34)(H,32,35);1-7,9H,8H2,(H,20,23)(H,22,24);1H2;1H. The maximum absolute atomic E-state index is 13.2. The number of pyridine rings is 2. The van der Waals surface area contributed by atoms with Crippen molar-refractivity contribution in [2.75, 3.05) is 83.4 Å². The molecule has 5 aliphatic rings. The molecule has 606 valence electrons. The van der Waals surface area contributed by atoms with Crippen LogP contribution in [-0.4, -0.2) is 160 Å². The number of nitrogens with zero attached hydrogens (tertiary/aromatic N) is 8. The molecule has 11 aromatic rings. The topological polar surface area (TPSA) is 390 Å². The zero-order valence-corrected chi connectivity index (χ0v) is 70.1. The average molecular weight is 1780 g/mol. The van der Waals surface area contributed by atoms with E-state index in [2.05, 4.69) is 71.9 Å². The molecule has 0 radical (unpaired) electrons. The number of thiazole rings is 3. The minimum absolute atomic E-state index is 0. The zero-order chi connectivity index (χ0) is 82.2. The monoisotopic (exact) mass is 1770 g/mol. The molecule has 10 heterocycles. The van der Waals surface area contributed by atoms with Gasteiger partial charge in [0.25, 0.3) is 35.4 Å². The van der Waals surface area contributed by atoms with Crippen molar-refractivity contribution in [3.05, 3.63) is 235 Å². The molecule has 39 heteroatoms. The Kier molecular flexibility index (Phi) is 26.9. The lowest BCUT2D eigenvalue weighted by Crippen LogP contribution is -2.50. The Labute approximate surface area is 705 Å². The molecule has 7 amide bonds. The van der Waals surface area contributed by atoms with Crippen LogP contribution < -0.4 is 47.0 Å². The summed E-state index contributed by atoms with van der Waals surface area (Å²) in [4.78, 5) is 119. The van der Waals surface area contributed by atoms with Crippen LogP contribution in [0.1, 0.15) is 97.6 Å². The van der Waals surface area contributed by atoms with Gasteiger partial charge in [-0.1, -0.05) is 48.0 Å². The molecule has 0 saturated carbocycles. The minimum atomic E-state index is -3.96. The zero-order valence-electron chi connectivity index (χ0n) is 62.1. The Morgan fingerprint density at radius 1 is 0.453 bits per heavy atom. The molecule has 6 aromatic carbocycles. The summed E-state index contributed by atoms with van der Waals surface area (Å²) in [6, 6.07) is 38.3. The molecular formula is C78H71Cl4N15O14S6. The number of ether oxygens (including phenoxy) is 1. The molecule has 5 aromatic heterocycles. The molecule has 2 saturated heterocycles. The van der Waals surface area contributed by atoms with E-state index in [0.717, 1.165) is 73.6 Å². The van der Waals surface area contributed by atoms with Crippen LogP contribution >= 0.6 is 81.2 Å². The van der Waals surface area contributed by atoms with Crippen LogP contribution in [0.3, 0.4) is 0 Å². The van der Waals surface area contributed by atoms with E-state index < -0.39 is 70.6 Å². The van der Waals surface area contributed by atoms with Gasteiger partial charge in [0.1, 0.15) is 27.3 Å². The highest BCUT2D eigenvalue weighted by molar-refractivity contribution is 7.92. The number of benzene rings is 6. The third-order valence-corrected chi connectivity index (χ3v) is 27.0. The van der Waals surface area contributed by atoms with E-state index in [1.165, 1.54) is 125 Å². The van der Waals surface area contributed by atoms with Gasteiger partial charge in [0.2, 0.25) is 29.5 Å². The van der Waals surface area contributed by atoms with Crippen LogP contribution in [0.4, 0.5) is 33.5 Å². The summed E-state index contributed by atoms with van der Waals surface area (Å²) in [7, 11) is -11.8. The predicted octanol–water partition coefficient (Wildman–Crippen LogP) is 12.5. The molecule has 0 unspecified atom stereocenters. The van der Waals surface area contributed by atoms with Crippen LogP contribution in [0.15, 0.2) is 212 Å². The number of hydrogen-bond donors (Lipinski definition) is 7. The first-order valence-electron chi connectivity index (χ1n) is 35.5. The Bertz CT molecular complexity index is 6000. The lowest BCUT2D eigenvalue weighted by Gasteiger charge is -2.36. The summed E-state index contributed by atoms with van der Waals surface area (Å²) >= 11 is 19.4. The number of hydrogen-bond acceptors (Lipinski definition) is 25. The summed E-state index contributed by atoms with van der Waals surface area (Å²) in [6.07, 6.45) is 8.23. The molecule has 16 rings (SSSR count). The first-order chi connectivity index (χ1) is 55.6. The predicted molar refractivity (Wildman–Crippen MR) is 449 cm³/mol. The number of carbonyl (C=O) groups is 7. The quantitative estimate of drug-likeness (QED) is 0.0527. The molecule has 0 spiro atoms. The SMILES string of the molecule is CC(C)(C)OC(=O)N1CCN(c2ccc(-c3ncc(CNC(=O)c4ccc5c(c4)NC(=O)c4ccccc4S5(=O)=O)s3)cn2)CC1.Cl.ClCCl.O=C(NCc1cnc(-c2ccc(N3CCNCC3)nc2)s1)c1ccc2c(c1)NC(=O)c1ccccc1S2(=O)=O.O=C(NCc1cnc(Cl)s1)c1ccc2c(c1)NC(=O)c1ccccc1S2(=O)=O. The fraction of sp³-hybridized carbons (Fsp3) is 0.205. The Morgan fingerprint density at radius 2 is 0.803 bits per heavy atom. The summed E-state index contributed by atoms with van der Waals surface area (Å²) in [6.45, 7) is 12.4. The van der Waals surface area contributed by atoms with E-state index in [1.807, 2.05) is 51.2 Å². The van der Waals surface area contributed by atoms with E-state index in [1.54, 1.807) is 66.1 Å². The van der Waals surface area contributed by atoms with E-state index in [4.69, 9.17) is 39.5 Å². The van der Waals surface area contributed by atoms with Gasteiger partial charge < -0.3 is 56.7 Å². The molecule has 29 nitrogen and oxygen atoms in total. The van der Waals surface area contributed by atoms with Crippen molar-refractivity contribution < 1.29 is 63.6 Å². The minimum Gasteiger partial charge on any atom is -0.444 e. The number of aromatic nitrogens is 5. The number of amides is 7. The van der Waals surface area contributed by atoms with Crippen LogP contribution in [0, 0.1) is 0 Å². The first-order valence-corrected chi connectivity index (χ1v) is 43.9. The maximum atomic E-state index is 13.2. The van der Waals surface area contributed by atoms with Crippen LogP contribution in [0.5, 0.6) is 0 Å². The molecule has 0 atom stereocenters. The maximum Gasteiger partial charge on any atom is 0.410 e. The second-order valence-corrected chi connectivity index (χ2v) is 37.4. The van der Waals surface area contributed by atoms with Crippen LogP contribution in [-0.2, 0) is 53.9 Å². The Balaban J connectivity index is 0.000000162. The number of rotatable bonds is 13. The first kappa shape index (κ1) is 85.5. The van der Waals surface area contributed by atoms with Crippen molar-refractivity contribution in [1.29, 1.82) is 0 Å². The number of halogens is 4. The molecule has 0 aliphatic carbocycles. The van der Waals surface area contributed by atoms with Gasteiger partial charge in [-0.05, 0) is 136 Å². The van der Waals surface area contributed by atoms with Crippen molar-refractivity contribution in [1.82, 2.24) is 51.1 Å². The molecular weight excluding hydrogens is 1710 g/mol. The number of nitrogens with one attached hydrogen (secondary N) is 7. The highest BCUT2D eigenvalue weighted by Crippen LogP contribution is 2.39. The lowest BCUT2D eigenvalue weighted by molar-refractivity contribution is 0.0239.